The summed E-state index contributed by atoms with van der Waals surface area (Å²) < 4.78 is 6.37. The van der Waals surface area contributed by atoms with E-state index < -0.39 is 0 Å². The molecule has 0 aliphatic carbocycles. The van der Waals surface area contributed by atoms with Gasteiger partial charge in [0.05, 0.1) is 0 Å². The molecule has 2 heterocycles. The summed E-state index contributed by atoms with van der Waals surface area (Å²) in [6.45, 7) is 13.9. The van der Waals surface area contributed by atoms with Gasteiger partial charge in [0.2, 0.25) is 0 Å². The van der Waals surface area contributed by atoms with Gasteiger partial charge in [-0.05, 0) is 0 Å². The number of hydrogen-bond acceptors (Lipinski definition) is 0. The Bertz CT molecular complexity index is 1240. The number of rotatable bonds is 26. The van der Waals surface area contributed by atoms with Gasteiger partial charge in [-0.3, -0.25) is 0 Å². The Labute approximate surface area is 309 Å². The van der Waals surface area contributed by atoms with E-state index >= 15 is 0 Å². The molecule has 0 radical (unpaired) electrons. The molecule has 0 N–H and O–H groups in total. The van der Waals surface area contributed by atoms with Gasteiger partial charge in [0, 0.05) is 0 Å². The first-order valence-corrected chi connectivity index (χ1v) is 23.5. The number of hydrogen-bond donors (Lipinski definition) is 0. The van der Waals surface area contributed by atoms with Gasteiger partial charge in [0.1, 0.15) is 0 Å². The summed E-state index contributed by atoms with van der Waals surface area (Å²) >= 11 is 0.981. The van der Waals surface area contributed by atoms with Gasteiger partial charge in [-0.1, -0.05) is 26.7 Å². The van der Waals surface area contributed by atoms with Crippen LogP contribution in [0.3, 0.4) is 0 Å². The number of aryl methyl sites for hydroxylation is 6. The molecule has 2 aromatic heterocycles. The molecule has 0 nitrogen and oxygen atoms in total. The van der Waals surface area contributed by atoms with Crippen molar-refractivity contribution in [3.63, 3.8) is 0 Å². The SMILES string of the molecule is CCCCCCCCCCCCc1cc(C)[se]c1/C=C/c1cc(C)c(/C=C/c2[se]c(C)cc2CCCCCCCCCCCC)cc1C. The molecular weight excluding hydrogens is 710 g/mol. The van der Waals surface area contributed by atoms with Crippen LogP contribution in [0.1, 0.15) is 193 Å². The fourth-order valence-corrected chi connectivity index (χ4v) is 11.1. The van der Waals surface area contributed by atoms with Crippen molar-refractivity contribution in [3.05, 3.63) is 75.4 Å². The molecule has 0 amide bonds. The number of unbranched alkanes of at least 4 members (excludes halogenated alkanes) is 18. The predicted octanol–water partition coefficient (Wildman–Crippen LogP) is 14.3. The summed E-state index contributed by atoms with van der Waals surface area (Å²) in [6, 6.07) is 9.83. The van der Waals surface area contributed by atoms with Gasteiger partial charge in [-0.2, -0.15) is 0 Å². The summed E-state index contributed by atoms with van der Waals surface area (Å²) in [7, 11) is 0. The molecule has 0 fully saturated rings. The zero-order valence-corrected chi connectivity index (χ0v) is 35.4. The van der Waals surface area contributed by atoms with Crippen molar-refractivity contribution in [1.82, 2.24) is 0 Å². The Morgan fingerprint density at radius 1 is 0.396 bits per heavy atom. The monoisotopic (exact) mass is 782 g/mol. The summed E-state index contributed by atoms with van der Waals surface area (Å²) in [5.41, 5.74) is 8.74. The van der Waals surface area contributed by atoms with Gasteiger partial charge >= 0.3 is 285 Å². The van der Waals surface area contributed by atoms with Gasteiger partial charge in [0.25, 0.3) is 0 Å². The summed E-state index contributed by atoms with van der Waals surface area (Å²) in [6.07, 6.45) is 40.4. The second kappa shape index (κ2) is 24.8. The third-order valence-electron chi connectivity index (χ3n) is 10.0. The topological polar surface area (TPSA) is 0 Å². The molecule has 0 bridgehead atoms. The Morgan fingerprint density at radius 2 is 0.708 bits per heavy atom. The minimum absolute atomic E-state index is 0.491. The van der Waals surface area contributed by atoms with Crippen LogP contribution < -0.4 is 0 Å². The van der Waals surface area contributed by atoms with Crippen LogP contribution in [0.5, 0.6) is 0 Å². The van der Waals surface area contributed by atoms with E-state index in [2.05, 4.69) is 90.1 Å². The fourth-order valence-electron chi connectivity index (χ4n) is 7.00. The van der Waals surface area contributed by atoms with E-state index in [4.69, 9.17) is 0 Å². The van der Waals surface area contributed by atoms with Crippen LogP contribution in [0.4, 0.5) is 0 Å². The van der Waals surface area contributed by atoms with E-state index in [0.717, 1.165) is 0 Å². The molecule has 0 aliphatic rings. The van der Waals surface area contributed by atoms with Crippen molar-refractivity contribution in [2.75, 3.05) is 0 Å². The summed E-state index contributed by atoms with van der Waals surface area (Å²) in [5.74, 6) is 0. The molecule has 266 valence electrons. The van der Waals surface area contributed by atoms with E-state index in [1.807, 2.05) is 0 Å². The van der Waals surface area contributed by atoms with Gasteiger partial charge in [-0.15, -0.1) is 0 Å². The molecule has 1 aromatic carbocycles. The second-order valence-electron chi connectivity index (χ2n) is 14.6. The quantitative estimate of drug-likeness (QED) is 0.0562. The van der Waals surface area contributed by atoms with Crippen LogP contribution >= 0.6 is 0 Å². The molecular formula is C46H70Se2. The van der Waals surface area contributed by atoms with E-state index in [1.165, 1.54) is 164 Å². The molecule has 0 saturated heterocycles. The van der Waals surface area contributed by atoms with Crippen LogP contribution in [0.2, 0.25) is 0 Å². The average Bonchev–Trinajstić information content (AvgIpc) is 3.62. The second-order valence-corrected chi connectivity index (χ2v) is 20.0. The summed E-state index contributed by atoms with van der Waals surface area (Å²) in [4.78, 5) is 0. The Morgan fingerprint density at radius 3 is 1.04 bits per heavy atom. The van der Waals surface area contributed by atoms with Crippen molar-refractivity contribution in [2.24, 2.45) is 0 Å². The molecule has 0 spiro atoms. The normalized spacial score (nSPS) is 12.0. The van der Waals surface area contributed by atoms with Gasteiger partial charge in [0.15, 0.2) is 0 Å². The van der Waals surface area contributed by atoms with Crippen LogP contribution in [0.25, 0.3) is 24.3 Å². The maximum atomic E-state index is 2.50. The third kappa shape index (κ3) is 16.2. The van der Waals surface area contributed by atoms with E-state index in [9.17, 15) is 0 Å². The fraction of sp³-hybridized carbons (Fsp3) is 0.609. The molecule has 3 aromatic rings. The maximum absolute atomic E-state index is 2.50. The zero-order valence-electron chi connectivity index (χ0n) is 32.0. The minimum atomic E-state index is 0.491. The van der Waals surface area contributed by atoms with Gasteiger partial charge < -0.3 is 0 Å². The van der Waals surface area contributed by atoms with E-state index in [-0.39, 0.29) is 0 Å². The Kier molecular flexibility index (Phi) is 21.2. The van der Waals surface area contributed by atoms with Crippen molar-refractivity contribution < 1.29 is 0 Å². The first-order valence-electron chi connectivity index (χ1n) is 20.1. The average molecular weight is 781 g/mol. The third-order valence-corrected chi connectivity index (χ3v) is 14.5. The number of benzene rings is 1. The van der Waals surface area contributed by atoms with Crippen molar-refractivity contribution in [3.8, 4) is 0 Å². The molecule has 0 atom stereocenters. The van der Waals surface area contributed by atoms with Crippen molar-refractivity contribution in [1.29, 1.82) is 0 Å². The van der Waals surface area contributed by atoms with Crippen LogP contribution in [-0.2, 0) is 12.8 Å². The molecule has 2 heteroatoms. The zero-order chi connectivity index (χ0) is 34.4. The molecule has 0 aliphatic heterocycles. The Balaban J connectivity index is 1.48. The van der Waals surface area contributed by atoms with Crippen LogP contribution in [-0.4, -0.2) is 29.0 Å². The molecule has 0 unspecified atom stereocenters. The molecule has 3 rings (SSSR count). The van der Waals surface area contributed by atoms with E-state index in [0.29, 0.717) is 29.0 Å². The predicted molar refractivity (Wildman–Crippen MR) is 221 cm³/mol. The van der Waals surface area contributed by atoms with Crippen LogP contribution in [0, 0.1) is 27.7 Å². The van der Waals surface area contributed by atoms with Crippen LogP contribution in [0.15, 0.2) is 24.3 Å². The van der Waals surface area contributed by atoms with E-state index in [1.54, 1.807) is 28.9 Å². The van der Waals surface area contributed by atoms with Crippen molar-refractivity contribution >= 4 is 53.3 Å². The Hall–Kier alpha value is -1.30. The standard InChI is InChI=1S/C46H70Se2/c1-7-9-11-13-15-17-19-21-23-25-27-43-35-39(5)47-45(43)31-29-41-33-38(4)42(34-37(41)3)30-32-46-44(36-40(6)48-46)28-26-24-22-20-18-16-14-12-10-8-2/h29-36H,7-28H2,1-6H3/b31-29+,32-30+. The van der Waals surface area contributed by atoms with Crippen molar-refractivity contribution in [2.45, 2.75) is 183 Å². The molecule has 48 heavy (non-hydrogen) atoms. The first-order chi connectivity index (χ1) is 23.4. The summed E-state index contributed by atoms with van der Waals surface area (Å²) in [5, 5.41) is 0. The molecule has 0 saturated carbocycles. The first kappa shape index (κ1) is 41.1. The van der Waals surface area contributed by atoms with Gasteiger partial charge in [-0.25, -0.2) is 0 Å².